The molecule has 0 fully saturated rings. The third kappa shape index (κ3) is 4.62. The monoisotopic (exact) mass is 706 g/mol. The van der Waals surface area contributed by atoms with E-state index in [0.717, 1.165) is 24.5 Å². The fourth-order valence-electron chi connectivity index (χ4n) is 4.95. The molecule has 0 saturated carbocycles. The summed E-state index contributed by atoms with van der Waals surface area (Å²) in [5, 5.41) is 4.82. The average molecular weight is 709 g/mol. The Labute approximate surface area is 250 Å². The molecule has 6 aromatic rings. The molecule has 0 saturated heterocycles. The van der Waals surface area contributed by atoms with E-state index < -0.39 is 6.10 Å². The summed E-state index contributed by atoms with van der Waals surface area (Å²) >= 11 is 13.3. The van der Waals surface area contributed by atoms with Crippen LogP contribution in [0.3, 0.4) is 0 Å². The highest BCUT2D eigenvalue weighted by Crippen LogP contribution is 2.50. The van der Waals surface area contributed by atoms with E-state index in [-0.39, 0.29) is 5.78 Å². The lowest BCUT2D eigenvalue weighted by molar-refractivity contribution is -0.123. The number of ketones is 1. The van der Waals surface area contributed by atoms with E-state index >= 15 is 0 Å². The van der Waals surface area contributed by atoms with Gasteiger partial charge in [-0.2, -0.15) is 0 Å². The topological polar surface area (TPSA) is 26.3 Å². The molecule has 1 heterocycles. The summed E-state index contributed by atoms with van der Waals surface area (Å²) in [5.74, 6) is 0.611. The molecular weight excluding hydrogens is 688 g/mol. The number of Topliss-reactive ketones (excluding diaryl/α,β-unsaturated/α-hetero) is 1. The van der Waals surface area contributed by atoms with Crippen LogP contribution in [0, 0.1) is 0 Å². The smallest absolute Gasteiger partial charge is 0.170 e. The largest absolute Gasteiger partial charge is 0.480 e. The molecule has 6 heteroatoms. The van der Waals surface area contributed by atoms with Gasteiger partial charge in [0.25, 0.3) is 0 Å². The van der Waals surface area contributed by atoms with Crippen molar-refractivity contribution in [1.82, 2.24) is 0 Å². The van der Waals surface area contributed by atoms with Gasteiger partial charge in [-0.1, -0.05) is 72.8 Å². The van der Waals surface area contributed by atoms with Crippen LogP contribution in [-0.4, -0.2) is 11.9 Å². The van der Waals surface area contributed by atoms with Crippen molar-refractivity contribution >= 4 is 95.9 Å². The van der Waals surface area contributed by atoms with Crippen LogP contribution >= 0.6 is 59.1 Å². The molecule has 0 aliphatic rings. The van der Waals surface area contributed by atoms with Gasteiger partial charge in [-0.3, -0.25) is 4.79 Å². The number of halogens is 3. The van der Waals surface area contributed by atoms with Crippen molar-refractivity contribution in [3.05, 3.63) is 110 Å². The molecule has 0 N–H and O–H groups in total. The summed E-state index contributed by atoms with van der Waals surface area (Å²) in [5.41, 5.74) is 3.30. The number of fused-ring (bicyclic) bond motifs is 4. The van der Waals surface area contributed by atoms with Crippen molar-refractivity contribution in [1.29, 1.82) is 0 Å². The molecule has 1 atom stereocenters. The summed E-state index contributed by atoms with van der Waals surface area (Å²) in [6.07, 6.45) is -0.0766. The Morgan fingerprint density at radius 2 is 1.42 bits per heavy atom. The van der Waals surface area contributed by atoms with E-state index in [4.69, 9.17) is 4.74 Å². The van der Waals surface area contributed by atoms with Gasteiger partial charge in [0.15, 0.2) is 11.9 Å². The standard InChI is InChI=1S/C32H21Br3O2S/c1-18(36)26(15-19-9-3-2-4-10-19)37-31-24(33)16-20(17-25(31)34)28-21-11-5-6-12-22(21)30(35)32-29(28)23-13-7-8-14-27(23)38-32/h2-14,16-17,26H,15H2,1H3/t26-/m1/s1. The molecule has 2 nitrogen and oxygen atoms in total. The van der Waals surface area contributed by atoms with Crippen molar-refractivity contribution < 1.29 is 9.53 Å². The van der Waals surface area contributed by atoms with Gasteiger partial charge in [-0.05, 0) is 100 Å². The molecule has 0 aliphatic carbocycles. The van der Waals surface area contributed by atoms with Gasteiger partial charge in [-0.25, -0.2) is 0 Å². The quantitative estimate of drug-likeness (QED) is 0.172. The minimum Gasteiger partial charge on any atom is -0.480 e. The predicted octanol–water partition coefficient (Wildman–Crippen LogP) is 10.7. The second-order valence-electron chi connectivity index (χ2n) is 9.21. The highest BCUT2D eigenvalue weighted by atomic mass is 79.9. The molecule has 0 radical (unpaired) electrons. The maximum absolute atomic E-state index is 12.5. The van der Waals surface area contributed by atoms with Crippen molar-refractivity contribution in [3.63, 3.8) is 0 Å². The van der Waals surface area contributed by atoms with Gasteiger partial charge < -0.3 is 4.74 Å². The Balaban J connectivity index is 1.52. The zero-order chi connectivity index (χ0) is 26.4. The summed E-state index contributed by atoms with van der Waals surface area (Å²) in [7, 11) is 0. The van der Waals surface area contributed by atoms with Crippen LogP contribution in [0.2, 0.25) is 0 Å². The molecule has 0 aliphatic heterocycles. The van der Waals surface area contributed by atoms with Gasteiger partial charge in [0.1, 0.15) is 5.75 Å². The van der Waals surface area contributed by atoms with Crippen LogP contribution in [0.5, 0.6) is 5.75 Å². The minimum absolute atomic E-state index is 0.0120. The Morgan fingerprint density at radius 3 is 2.11 bits per heavy atom. The van der Waals surface area contributed by atoms with Crippen molar-refractivity contribution in [2.75, 3.05) is 0 Å². The van der Waals surface area contributed by atoms with E-state index in [1.807, 2.05) is 30.3 Å². The van der Waals surface area contributed by atoms with E-state index in [9.17, 15) is 4.79 Å². The van der Waals surface area contributed by atoms with E-state index in [0.29, 0.717) is 12.2 Å². The first-order chi connectivity index (χ1) is 18.4. The average Bonchev–Trinajstić information content (AvgIpc) is 3.30. The summed E-state index contributed by atoms with van der Waals surface area (Å²) in [6, 6.07) is 31.2. The maximum Gasteiger partial charge on any atom is 0.170 e. The molecule has 38 heavy (non-hydrogen) atoms. The Morgan fingerprint density at radius 1 is 0.816 bits per heavy atom. The first-order valence-electron chi connectivity index (χ1n) is 12.1. The van der Waals surface area contributed by atoms with E-state index in [1.165, 1.54) is 36.5 Å². The van der Waals surface area contributed by atoms with Crippen molar-refractivity contribution in [3.8, 4) is 16.9 Å². The number of ether oxygens (including phenoxy) is 1. The van der Waals surface area contributed by atoms with Crippen LogP contribution in [0.1, 0.15) is 12.5 Å². The lowest BCUT2D eigenvalue weighted by atomic mass is 9.93. The number of hydrogen-bond donors (Lipinski definition) is 0. The zero-order valence-electron chi connectivity index (χ0n) is 20.3. The maximum atomic E-state index is 12.5. The molecule has 0 bridgehead atoms. The Bertz CT molecular complexity index is 1820. The fourth-order valence-corrected chi connectivity index (χ4v) is 8.27. The summed E-state index contributed by atoms with van der Waals surface area (Å²) < 4.78 is 11.5. The summed E-state index contributed by atoms with van der Waals surface area (Å²) in [4.78, 5) is 12.5. The minimum atomic E-state index is -0.586. The molecular formula is C32H21Br3O2S. The second-order valence-corrected chi connectivity index (χ2v) is 12.8. The van der Waals surface area contributed by atoms with Gasteiger partial charge >= 0.3 is 0 Å². The Kier molecular flexibility index (Phi) is 7.16. The third-order valence-electron chi connectivity index (χ3n) is 6.74. The highest BCUT2D eigenvalue weighted by Gasteiger charge is 2.23. The second kappa shape index (κ2) is 10.6. The van der Waals surface area contributed by atoms with Gasteiger partial charge in [0, 0.05) is 26.4 Å². The lowest BCUT2D eigenvalue weighted by Gasteiger charge is -2.20. The van der Waals surface area contributed by atoms with Crippen LogP contribution in [0.4, 0.5) is 0 Å². The molecule has 5 aromatic carbocycles. The lowest BCUT2D eigenvalue weighted by Crippen LogP contribution is -2.28. The predicted molar refractivity (Wildman–Crippen MR) is 171 cm³/mol. The van der Waals surface area contributed by atoms with E-state index in [1.54, 1.807) is 18.3 Å². The fraction of sp³-hybridized carbons (Fsp3) is 0.0938. The molecule has 0 amide bonds. The first-order valence-corrected chi connectivity index (χ1v) is 15.3. The zero-order valence-corrected chi connectivity index (χ0v) is 25.9. The van der Waals surface area contributed by atoms with Crippen molar-refractivity contribution in [2.24, 2.45) is 0 Å². The molecule has 6 rings (SSSR count). The summed E-state index contributed by atoms with van der Waals surface area (Å²) in [6.45, 7) is 1.58. The number of benzene rings is 5. The molecule has 0 spiro atoms. The Hall–Kier alpha value is -2.51. The number of carbonyl (C=O) groups is 1. The normalized spacial score (nSPS) is 12.3. The number of thiophene rings is 1. The van der Waals surface area contributed by atoms with Gasteiger partial charge in [0.2, 0.25) is 0 Å². The number of hydrogen-bond acceptors (Lipinski definition) is 3. The molecule has 188 valence electrons. The van der Waals surface area contributed by atoms with Crippen LogP contribution < -0.4 is 4.74 Å². The van der Waals surface area contributed by atoms with Crippen LogP contribution in [0.15, 0.2) is 104 Å². The van der Waals surface area contributed by atoms with E-state index in [2.05, 4.69) is 108 Å². The number of rotatable bonds is 6. The van der Waals surface area contributed by atoms with Gasteiger partial charge in [-0.15, -0.1) is 11.3 Å². The third-order valence-corrected chi connectivity index (χ3v) is 10.2. The van der Waals surface area contributed by atoms with Crippen LogP contribution in [0.25, 0.3) is 42.1 Å². The molecule has 0 unspecified atom stereocenters. The van der Waals surface area contributed by atoms with Crippen LogP contribution in [-0.2, 0) is 11.2 Å². The van der Waals surface area contributed by atoms with Crippen molar-refractivity contribution in [2.45, 2.75) is 19.4 Å². The molecule has 1 aromatic heterocycles. The first kappa shape index (κ1) is 25.8. The number of carbonyl (C=O) groups excluding carboxylic acids is 1. The highest BCUT2D eigenvalue weighted by molar-refractivity contribution is 9.11. The van der Waals surface area contributed by atoms with Gasteiger partial charge in [0.05, 0.1) is 13.6 Å². The SMILES string of the molecule is CC(=O)[C@@H](Cc1ccccc1)Oc1c(Br)cc(-c2c3ccccc3c(Br)c3sc4ccccc4c23)cc1Br.